The summed E-state index contributed by atoms with van der Waals surface area (Å²) in [6.45, 7) is 0. The molecule has 90 valence electrons. The molecule has 0 saturated heterocycles. The minimum absolute atomic E-state index is 0.0352. The summed E-state index contributed by atoms with van der Waals surface area (Å²) in [6, 6.07) is 12.4. The van der Waals surface area contributed by atoms with Crippen LogP contribution in [0.1, 0.15) is 22.8 Å². The van der Waals surface area contributed by atoms with Gasteiger partial charge in [-0.25, -0.2) is 0 Å². The Kier molecular flexibility index (Phi) is 2.98. The number of nitrogens with one attached hydrogen (secondary N) is 1. The predicted molar refractivity (Wildman–Crippen MR) is 73.1 cm³/mol. The second-order valence-electron chi connectivity index (χ2n) is 4.14. The summed E-state index contributed by atoms with van der Waals surface area (Å²) < 4.78 is 0. The zero-order chi connectivity index (χ0) is 12.5. The normalized spacial score (nSPS) is 22.2. The van der Waals surface area contributed by atoms with E-state index in [9.17, 15) is 4.79 Å². The molecule has 2 unspecified atom stereocenters. The molecule has 3 nitrogen and oxygen atoms in total. The minimum atomic E-state index is -0.0899. The molecule has 2 atom stereocenters. The second kappa shape index (κ2) is 4.63. The zero-order valence-electron chi connectivity index (χ0n) is 9.42. The van der Waals surface area contributed by atoms with Crippen molar-refractivity contribution in [2.75, 3.05) is 0 Å². The first-order chi connectivity index (χ1) is 8.78. The molecule has 0 spiro atoms. The van der Waals surface area contributed by atoms with Crippen molar-refractivity contribution >= 4 is 23.1 Å². The van der Waals surface area contributed by atoms with Crippen LogP contribution in [0.2, 0.25) is 0 Å². The zero-order valence-corrected chi connectivity index (χ0v) is 11.1. The average Bonchev–Trinajstić information content (AvgIpc) is 2.78. The van der Waals surface area contributed by atoms with Crippen LogP contribution in [0.15, 0.2) is 40.2 Å². The van der Waals surface area contributed by atoms with Gasteiger partial charge in [0.15, 0.2) is 0 Å². The van der Waals surface area contributed by atoms with E-state index in [0.29, 0.717) is 0 Å². The van der Waals surface area contributed by atoms with E-state index in [0.717, 1.165) is 16.3 Å². The molecular formula is C13H10N2OS2. The van der Waals surface area contributed by atoms with Crippen LogP contribution < -0.4 is 4.87 Å². The maximum absolute atomic E-state index is 11.5. The van der Waals surface area contributed by atoms with E-state index in [2.05, 4.69) is 23.2 Å². The van der Waals surface area contributed by atoms with E-state index in [4.69, 9.17) is 5.26 Å². The van der Waals surface area contributed by atoms with Gasteiger partial charge in [-0.15, -0.1) is 0 Å². The molecule has 1 aliphatic rings. The summed E-state index contributed by atoms with van der Waals surface area (Å²) in [5.74, 6) is 0.163. The molecule has 2 heterocycles. The summed E-state index contributed by atoms with van der Waals surface area (Å²) in [6.07, 6.45) is 0.770. The predicted octanol–water partition coefficient (Wildman–Crippen LogP) is 2.96. The van der Waals surface area contributed by atoms with Crippen LogP contribution in [0.3, 0.4) is 0 Å². The largest absolute Gasteiger partial charge is 0.307 e. The van der Waals surface area contributed by atoms with Gasteiger partial charge >= 0.3 is 4.87 Å². The van der Waals surface area contributed by atoms with Crippen LogP contribution in [0.5, 0.6) is 0 Å². The first kappa shape index (κ1) is 11.6. The molecule has 3 rings (SSSR count). The number of aromatic nitrogens is 1. The van der Waals surface area contributed by atoms with Crippen molar-refractivity contribution in [3.63, 3.8) is 0 Å². The van der Waals surface area contributed by atoms with Gasteiger partial charge in [-0.2, -0.15) is 5.26 Å². The minimum Gasteiger partial charge on any atom is -0.307 e. The van der Waals surface area contributed by atoms with Gasteiger partial charge in [0.2, 0.25) is 0 Å². The molecule has 18 heavy (non-hydrogen) atoms. The molecule has 2 aromatic rings. The second-order valence-corrected chi connectivity index (χ2v) is 6.37. The fourth-order valence-electron chi connectivity index (χ4n) is 2.21. The number of nitriles is 1. The Morgan fingerprint density at radius 3 is 2.83 bits per heavy atom. The van der Waals surface area contributed by atoms with Crippen molar-refractivity contribution in [3.05, 3.63) is 50.4 Å². The summed E-state index contributed by atoms with van der Waals surface area (Å²) in [5, 5.41) is 9.91. The van der Waals surface area contributed by atoms with Crippen LogP contribution in [0.4, 0.5) is 0 Å². The van der Waals surface area contributed by atoms with E-state index in [1.807, 2.05) is 18.2 Å². The number of benzene rings is 1. The van der Waals surface area contributed by atoms with E-state index >= 15 is 0 Å². The van der Waals surface area contributed by atoms with Crippen LogP contribution >= 0.6 is 23.1 Å². The van der Waals surface area contributed by atoms with Crippen LogP contribution in [0.25, 0.3) is 0 Å². The molecule has 0 saturated carbocycles. The molecule has 0 radical (unpaired) electrons. The van der Waals surface area contributed by atoms with Crippen molar-refractivity contribution < 1.29 is 0 Å². The Morgan fingerprint density at radius 1 is 1.33 bits per heavy atom. The fourth-order valence-corrected chi connectivity index (χ4v) is 4.45. The van der Waals surface area contributed by atoms with Gasteiger partial charge in [0.1, 0.15) is 0 Å². The van der Waals surface area contributed by atoms with Crippen LogP contribution in [0, 0.1) is 11.3 Å². The Bertz CT molecular complexity index is 654. The molecule has 1 aromatic carbocycles. The highest BCUT2D eigenvalue weighted by atomic mass is 32.2. The Balaban J connectivity index is 2.09. The quantitative estimate of drug-likeness (QED) is 0.869. The van der Waals surface area contributed by atoms with Crippen LogP contribution in [-0.2, 0) is 0 Å². The smallest absolute Gasteiger partial charge is 0.305 e. The molecule has 0 bridgehead atoms. The highest BCUT2D eigenvalue weighted by Gasteiger charge is 2.31. The van der Waals surface area contributed by atoms with E-state index in [1.54, 1.807) is 0 Å². The topological polar surface area (TPSA) is 56.6 Å². The van der Waals surface area contributed by atoms with E-state index < -0.39 is 0 Å². The number of hydrogen-bond donors (Lipinski definition) is 1. The number of fused-ring (bicyclic) bond motifs is 1. The van der Waals surface area contributed by atoms with Gasteiger partial charge in [0.05, 0.1) is 16.3 Å². The highest BCUT2D eigenvalue weighted by molar-refractivity contribution is 8.00. The van der Waals surface area contributed by atoms with Gasteiger partial charge in [-0.05, 0) is 12.0 Å². The number of nitrogens with zero attached hydrogens (tertiary/aromatic N) is 1. The third-order valence-electron chi connectivity index (χ3n) is 3.01. The molecule has 1 N–H and O–H groups in total. The summed E-state index contributed by atoms with van der Waals surface area (Å²) in [5.41, 5.74) is 1.18. The number of thiazole rings is 1. The molecule has 1 aliphatic heterocycles. The summed E-state index contributed by atoms with van der Waals surface area (Å²) >= 11 is 2.73. The molecule has 0 amide bonds. The highest BCUT2D eigenvalue weighted by Crippen LogP contribution is 2.44. The average molecular weight is 274 g/mol. The van der Waals surface area contributed by atoms with Crippen molar-refractivity contribution in [2.45, 2.75) is 22.6 Å². The standard InChI is InChI=1S/C13H10N2OS2/c14-7-9-6-10(8-4-2-1-3-5-8)11-12(17-9)15-13(16)18-11/h1-5,9-10H,6H2,(H,15,16). The summed E-state index contributed by atoms with van der Waals surface area (Å²) in [4.78, 5) is 15.4. The van der Waals surface area contributed by atoms with Crippen molar-refractivity contribution in [1.82, 2.24) is 4.98 Å². The molecule has 1 aromatic heterocycles. The lowest BCUT2D eigenvalue weighted by Crippen LogP contribution is -2.14. The third-order valence-corrected chi connectivity index (χ3v) is 5.28. The Morgan fingerprint density at radius 2 is 2.11 bits per heavy atom. The van der Waals surface area contributed by atoms with Gasteiger partial charge in [-0.3, -0.25) is 4.79 Å². The van der Waals surface area contributed by atoms with Gasteiger partial charge < -0.3 is 4.98 Å². The Labute approximate surface area is 112 Å². The number of H-pyrrole nitrogens is 1. The van der Waals surface area contributed by atoms with Crippen molar-refractivity contribution in [3.8, 4) is 6.07 Å². The molecule has 0 aliphatic carbocycles. The SMILES string of the molecule is N#CC1CC(c2ccccc2)c2sc(=O)[nH]c2S1. The number of aromatic amines is 1. The van der Waals surface area contributed by atoms with Gasteiger partial charge in [-0.1, -0.05) is 53.4 Å². The lowest BCUT2D eigenvalue weighted by atomic mass is 9.93. The maximum Gasteiger partial charge on any atom is 0.305 e. The monoisotopic (exact) mass is 274 g/mol. The van der Waals surface area contributed by atoms with Crippen molar-refractivity contribution in [1.29, 1.82) is 5.26 Å². The van der Waals surface area contributed by atoms with E-state index in [1.165, 1.54) is 28.7 Å². The Hall–Kier alpha value is -1.51. The van der Waals surface area contributed by atoms with Crippen molar-refractivity contribution in [2.24, 2.45) is 0 Å². The lowest BCUT2D eigenvalue weighted by molar-refractivity contribution is 0.720. The first-order valence-electron chi connectivity index (χ1n) is 5.62. The molecular weight excluding hydrogens is 264 g/mol. The number of thioether (sulfide) groups is 1. The van der Waals surface area contributed by atoms with E-state index in [-0.39, 0.29) is 16.0 Å². The van der Waals surface area contributed by atoms with Crippen LogP contribution in [-0.4, -0.2) is 10.2 Å². The summed E-state index contributed by atoms with van der Waals surface area (Å²) in [7, 11) is 0. The first-order valence-corrected chi connectivity index (χ1v) is 7.32. The third kappa shape index (κ3) is 1.98. The number of hydrogen-bond acceptors (Lipinski definition) is 4. The maximum atomic E-state index is 11.5. The molecule has 0 fully saturated rings. The molecule has 5 heteroatoms. The lowest BCUT2D eigenvalue weighted by Gasteiger charge is -2.24. The van der Waals surface area contributed by atoms with Gasteiger partial charge in [0.25, 0.3) is 0 Å². The fraction of sp³-hybridized carbons (Fsp3) is 0.231. The van der Waals surface area contributed by atoms with Gasteiger partial charge in [0, 0.05) is 10.8 Å². The number of rotatable bonds is 1.